The molecule has 2 fully saturated rings. The molecule has 0 saturated heterocycles. The van der Waals surface area contributed by atoms with Gasteiger partial charge in [0.15, 0.2) is 0 Å². The number of nitrogens with one attached hydrogen (secondary N) is 2. The highest BCUT2D eigenvalue weighted by Gasteiger charge is 2.41. The summed E-state index contributed by atoms with van der Waals surface area (Å²) < 4.78 is 27.7. The van der Waals surface area contributed by atoms with E-state index in [0.717, 1.165) is 11.8 Å². The first kappa shape index (κ1) is 13.9. The highest BCUT2D eigenvalue weighted by Crippen LogP contribution is 2.48. The maximum Gasteiger partial charge on any atom is 0.242 e. The van der Waals surface area contributed by atoms with E-state index in [4.69, 9.17) is 0 Å². The molecule has 0 radical (unpaired) electrons. The number of para-hydroxylation sites is 1. The summed E-state index contributed by atoms with van der Waals surface area (Å²) in [4.78, 5) is 0.341. The van der Waals surface area contributed by atoms with E-state index in [9.17, 15) is 8.42 Å². The lowest BCUT2D eigenvalue weighted by molar-refractivity contribution is 0.401. The van der Waals surface area contributed by atoms with Gasteiger partial charge in [-0.05, 0) is 55.6 Å². The van der Waals surface area contributed by atoms with Crippen molar-refractivity contribution >= 4 is 15.7 Å². The molecule has 0 atom stereocenters. The normalized spacial score (nSPS) is 19.3. The molecule has 20 heavy (non-hydrogen) atoms. The van der Waals surface area contributed by atoms with Crippen LogP contribution in [0.3, 0.4) is 0 Å². The smallest absolute Gasteiger partial charge is 0.242 e. The maximum absolute atomic E-state index is 12.5. The Morgan fingerprint density at radius 2 is 1.75 bits per heavy atom. The Kier molecular flexibility index (Phi) is 3.73. The fourth-order valence-corrected chi connectivity index (χ4v) is 4.24. The molecule has 2 N–H and O–H groups in total. The summed E-state index contributed by atoms with van der Waals surface area (Å²) in [6.45, 7) is 0.593. The van der Waals surface area contributed by atoms with Crippen molar-refractivity contribution in [2.75, 3.05) is 18.9 Å². The molecule has 0 aliphatic heterocycles. The van der Waals surface area contributed by atoms with Gasteiger partial charge in [0.2, 0.25) is 10.0 Å². The van der Waals surface area contributed by atoms with Crippen molar-refractivity contribution in [3.05, 3.63) is 24.3 Å². The van der Waals surface area contributed by atoms with Gasteiger partial charge in [-0.15, -0.1) is 0 Å². The molecule has 0 heterocycles. The Balaban J connectivity index is 1.71. The summed E-state index contributed by atoms with van der Waals surface area (Å²) in [6.07, 6.45) is 5.10. The van der Waals surface area contributed by atoms with Crippen LogP contribution in [0.1, 0.15) is 25.7 Å². The second kappa shape index (κ2) is 5.37. The predicted octanol–water partition coefficient (Wildman–Crippen LogP) is 2.44. The molecule has 0 spiro atoms. The average molecular weight is 294 g/mol. The van der Waals surface area contributed by atoms with Gasteiger partial charge in [0.25, 0.3) is 0 Å². The number of rotatable bonds is 7. The van der Waals surface area contributed by atoms with E-state index in [1.54, 1.807) is 25.2 Å². The summed E-state index contributed by atoms with van der Waals surface area (Å²) >= 11 is 0. The highest BCUT2D eigenvalue weighted by molar-refractivity contribution is 7.89. The number of hydrogen-bond donors (Lipinski definition) is 2. The molecular weight excluding hydrogens is 272 g/mol. The molecule has 4 nitrogen and oxygen atoms in total. The Bertz CT molecular complexity index is 565. The van der Waals surface area contributed by atoms with Gasteiger partial charge >= 0.3 is 0 Å². The lowest BCUT2D eigenvalue weighted by Crippen LogP contribution is -2.31. The fourth-order valence-electron chi connectivity index (χ4n) is 2.96. The Morgan fingerprint density at radius 1 is 1.15 bits per heavy atom. The van der Waals surface area contributed by atoms with Gasteiger partial charge in [-0.3, -0.25) is 0 Å². The maximum atomic E-state index is 12.5. The molecule has 110 valence electrons. The van der Waals surface area contributed by atoms with Crippen LogP contribution in [0.25, 0.3) is 0 Å². The van der Waals surface area contributed by atoms with Crippen LogP contribution < -0.4 is 10.0 Å². The third kappa shape index (κ3) is 2.99. The second-order valence-electron chi connectivity index (χ2n) is 5.94. The second-order valence-corrected chi connectivity index (χ2v) is 7.67. The Morgan fingerprint density at radius 3 is 2.30 bits per heavy atom. The van der Waals surface area contributed by atoms with E-state index in [2.05, 4.69) is 10.0 Å². The van der Waals surface area contributed by atoms with Crippen LogP contribution in [-0.4, -0.2) is 22.0 Å². The summed E-state index contributed by atoms with van der Waals surface area (Å²) in [5.74, 6) is 2.06. The fraction of sp³-hybridized carbons (Fsp3) is 0.600. The highest BCUT2D eigenvalue weighted by atomic mass is 32.2. The summed E-state index contributed by atoms with van der Waals surface area (Å²) in [5, 5.41) is 2.94. The molecule has 1 aromatic rings. The molecule has 1 aromatic carbocycles. The topological polar surface area (TPSA) is 58.2 Å². The van der Waals surface area contributed by atoms with Crippen LogP contribution >= 0.6 is 0 Å². The number of anilines is 1. The van der Waals surface area contributed by atoms with Gasteiger partial charge in [-0.2, -0.15) is 0 Å². The van der Waals surface area contributed by atoms with E-state index in [1.807, 2.05) is 6.07 Å². The van der Waals surface area contributed by atoms with Crippen LogP contribution in [0.4, 0.5) is 5.69 Å². The first-order chi connectivity index (χ1) is 9.62. The molecule has 2 saturated carbocycles. The minimum absolute atomic E-state index is 0.341. The van der Waals surface area contributed by atoms with Crippen LogP contribution in [0, 0.1) is 17.8 Å². The van der Waals surface area contributed by atoms with Crippen molar-refractivity contribution < 1.29 is 8.42 Å². The molecular formula is C15H22N2O2S. The molecule has 3 rings (SSSR count). The molecule has 0 amide bonds. The first-order valence-corrected chi connectivity index (χ1v) is 8.86. The van der Waals surface area contributed by atoms with E-state index in [0.29, 0.717) is 23.0 Å². The third-order valence-electron chi connectivity index (χ3n) is 4.41. The van der Waals surface area contributed by atoms with Gasteiger partial charge in [-0.1, -0.05) is 12.1 Å². The van der Waals surface area contributed by atoms with Crippen LogP contribution in [-0.2, 0) is 10.0 Å². The van der Waals surface area contributed by atoms with Crippen molar-refractivity contribution in [3.63, 3.8) is 0 Å². The number of hydrogen-bond acceptors (Lipinski definition) is 3. The van der Waals surface area contributed by atoms with Gasteiger partial charge in [0, 0.05) is 13.6 Å². The number of sulfonamides is 1. The monoisotopic (exact) mass is 294 g/mol. The van der Waals surface area contributed by atoms with Gasteiger partial charge < -0.3 is 5.32 Å². The van der Waals surface area contributed by atoms with Crippen LogP contribution in [0.15, 0.2) is 29.2 Å². The molecule has 0 unspecified atom stereocenters. The lowest BCUT2D eigenvalue weighted by Gasteiger charge is -2.17. The van der Waals surface area contributed by atoms with Crippen LogP contribution in [0.5, 0.6) is 0 Å². The minimum atomic E-state index is -3.42. The molecule has 2 aliphatic rings. The molecule has 0 bridgehead atoms. The van der Waals surface area contributed by atoms with Crippen molar-refractivity contribution in [2.45, 2.75) is 30.6 Å². The van der Waals surface area contributed by atoms with Gasteiger partial charge in [0.1, 0.15) is 4.90 Å². The molecule has 5 heteroatoms. The largest absolute Gasteiger partial charge is 0.387 e. The van der Waals surface area contributed by atoms with Crippen molar-refractivity contribution in [1.29, 1.82) is 0 Å². The van der Waals surface area contributed by atoms with Crippen molar-refractivity contribution in [3.8, 4) is 0 Å². The van der Waals surface area contributed by atoms with E-state index >= 15 is 0 Å². The van der Waals surface area contributed by atoms with Crippen molar-refractivity contribution in [1.82, 2.24) is 4.72 Å². The zero-order valence-electron chi connectivity index (χ0n) is 11.8. The number of benzene rings is 1. The zero-order chi connectivity index (χ0) is 14.2. The third-order valence-corrected chi connectivity index (χ3v) is 5.89. The van der Waals surface area contributed by atoms with Gasteiger partial charge in [-0.25, -0.2) is 13.1 Å². The SMILES string of the molecule is CNc1ccccc1S(=O)(=O)NCC(C1CC1)C1CC1. The van der Waals surface area contributed by atoms with E-state index in [1.165, 1.54) is 25.7 Å². The lowest BCUT2D eigenvalue weighted by atomic mass is 9.99. The molecule has 0 aromatic heterocycles. The van der Waals surface area contributed by atoms with Gasteiger partial charge in [0.05, 0.1) is 5.69 Å². The summed E-state index contributed by atoms with van der Waals surface area (Å²) in [7, 11) is -1.68. The predicted molar refractivity (Wildman–Crippen MR) is 80.1 cm³/mol. The standard InChI is InChI=1S/C15H22N2O2S/c1-16-14-4-2-3-5-15(14)20(18,19)17-10-13(11-6-7-11)12-8-9-12/h2-5,11-13,16-17H,6-10H2,1H3. The first-order valence-electron chi connectivity index (χ1n) is 7.38. The average Bonchev–Trinajstić information content (AvgIpc) is 3.32. The van der Waals surface area contributed by atoms with Crippen LogP contribution in [0.2, 0.25) is 0 Å². The quantitative estimate of drug-likeness (QED) is 0.812. The van der Waals surface area contributed by atoms with E-state index in [-0.39, 0.29) is 0 Å². The Hall–Kier alpha value is -1.07. The Labute approximate surface area is 121 Å². The summed E-state index contributed by atoms with van der Waals surface area (Å²) in [6, 6.07) is 7.03. The van der Waals surface area contributed by atoms with Crippen molar-refractivity contribution in [2.24, 2.45) is 17.8 Å². The zero-order valence-corrected chi connectivity index (χ0v) is 12.6. The molecule has 2 aliphatic carbocycles. The van der Waals surface area contributed by atoms with E-state index < -0.39 is 10.0 Å². The summed E-state index contributed by atoms with van der Waals surface area (Å²) in [5.41, 5.74) is 0.648. The minimum Gasteiger partial charge on any atom is -0.387 e.